The molecule has 1 N–H and O–H groups in total. The van der Waals surface area contributed by atoms with Gasteiger partial charge < -0.3 is 19.7 Å². The van der Waals surface area contributed by atoms with Gasteiger partial charge in [0.25, 0.3) is 0 Å². The number of rotatable bonds is 8. The van der Waals surface area contributed by atoms with E-state index in [-0.39, 0.29) is 0 Å². The first kappa shape index (κ1) is 21.1. The summed E-state index contributed by atoms with van der Waals surface area (Å²) in [5.41, 5.74) is 3.03. The summed E-state index contributed by atoms with van der Waals surface area (Å²) in [6.45, 7) is 7.55. The molecule has 1 heterocycles. The van der Waals surface area contributed by atoms with Gasteiger partial charge in [0.2, 0.25) is 0 Å². The van der Waals surface area contributed by atoms with Crippen molar-refractivity contribution in [1.82, 2.24) is 10.2 Å². The number of hydrogen-bond donors (Lipinski definition) is 1. The van der Waals surface area contributed by atoms with Crippen molar-refractivity contribution < 1.29 is 9.47 Å². The molecule has 0 radical (unpaired) electrons. The minimum atomic E-state index is 0.376. The fourth-order valence-corrected chi connectivity index (χ4v) is 4.35. The van der Waals surface area contributed by atoms with E-state index in [2.05, 4.69) is 41.4 Å². The molecule has 1 unspecified atom stereocenters. The Morgan fingerprint density at radius 1 is 1.18 bits per heavy atom. The normalized spacial score (nSPS) is 20.9. The Morgan fingerprint density at radius 3 is 2.79 bits per heavy atom. The molecule has 1 aromatic carbocycles. The van der Waals surface area contributed by atoms with Crippen LogP contribution in [0, 0.1) is 0 Å². The zero-order valence-corrected chi connectivity index (χ0v) is 17.7. The molecule has 5 heteroatoms. The molecular formula is C23H37N3O2. The SMILES string of the molecule is CCNC(=NCC1CCCc2ccccc21)N1CCC(OCCCOC)CC1. The molecule has 1 atom stereocenters. The van der Waals surface area contributed by atoms with Crippen LogP contribution in [0.15, 0.2) is 29.3 Å². The Bertz CT molecular complexity index is 612. The Labute approximate surface area is 170 Å². The first-order valence-electron chi connectivity index (χ1n) is 11.0. The van der Waals surface area contributed by atoms with Gasteiger partial charge in [-0.05, 0) is 56.6 Å². The van der Waals surface area contributed by atoms with Crippen molar-refractivity contribution in [1.29, 1.82) is 0 Å². The van der Waals surface area contributed by atoms with Crippen molar-refractivity contribution in [3.8, 4) is 0 Å². The number of nitrogens with zero attached hydrogens (tertiary/aromatic N) is 2. The van der Waals surface area contributed by atoms with Crippen LogP contribution in [0.2, 0.25) is 0 Å². The summed E-state index contributed by atoms with van der Waals surface area (Å²) in [6.07, 6.45) is 7.24. The third kappa shape index (κ3) is 5.95. The molecule has 3 rings (SSSR count). The zero-order valence-electron chi connectivity index (χ0n) is 17.7. The zero-order chi connectivity index (χ0) is 19.6. The number of hydrogen-bond acceptors (Lipinski definition) is 3. The van der Waals surface area contributed by atoms with Gasteiger partial charge in [-0.3, -0.25) is 4.99 Å². The molecular weight excluding hydrogens is 350 g/mol. The number of aliphatic imine (C=N–C) groups is 1. The van der Waals surface area contributed by atoms with Crippen LogP contribution in [0.5, 0.6) is 0 Å². The van der Waals surface area contributed by atoms with E-state index < -0.39 is 0 Å². The Hall–Kier alpha value is -1.59. The number of likely N-dealkylation sites (tertiary alicyclic amines) is 1. The highest BCUT2D eigenvalue weighted by molar-refractivity contribution is 5.80. The number of ether oxygens (including phenoxy) is 2. The molecule has 0 bridgehead atoms. The van der Waals surface area contributed by atoms with E-state index in [4.69, 9.17) is 14.5 Å². The van der Waals surface area contributed by atoms with Gasteiger partial charge >= 0.3 is 0 Å². The lowest BCUT2D eigenvalue weighted by Crippen LogP contribution is -2.47. The first-order valence-corrected chi connectivity index (χ1v) is 11.0. The van der Waals surface area contributed by atoms with Crippen LogP contribution < -0.4 is 5.32 Å². The molecule has 0 aromatic heterocycles. The van der Waals surface area contributed by atoms with E-state index in [0.29, 0.717) is 12.0 Å². The second kappa shape index (κ2) is 11.4. The highest BCUT2D eigenvalue weighted by Crippen LogP contribution is 2.31. The summed E-state index contributed by atoms with van der Waals surface area (Å²) in [5, 5.41) is 3.51. The summed E-state index contributed by atoms with van der Waals surface area (Å²) >= 11 is 0. The summed E-state index contributed by atoms with van der Waals surface area (Å²) in [5.74, 6) is 1.63. The maximum atomic E-state index is 6.00. The molecule has 156 valence electrons. The summed E-state index contributed by atoms with van der Waals surface area (Å²) in [6, 6.07) is 8.92. The number of methoxy groups -OCH3 is 1. The van der Waals surface area contributed by atoms with Crippen LogP contribution >= 0.6 is 0 Å². The number of nitrogens with one attached hydrogen (secondary N) is 1. The van der Waals surface area contributed by atoms with Crippen LogP contribution in [-0.2, 0) is 15.9 Å². The van der Waals surface area contributed by atoms with Crippen molar-refractivity contribution in [2.24, 2.45) is 4.99 Å². The Morgan fingerprint density at radius 2 is 2.00 bits per heavy atom. The summed E-state index contributed by atoms with van der Waals surface area (Å²) in [4.78, 5) is 7.46. The van der Waals surface area contributed by atoms with Gasteiger partial charge in [0.15, 0.2) is 5.96 Å². The number of aryl methyl sites for hydroxylation is 1. The average molecular weight is 388 g/mol. The van der Waals surface area contributed by atoms with Crippen LogP contribution in [-0.4, -0.2) is 63.5 Å². The molecule has 1 saturated heterocycles. The van der Waals surface area contributed by atoms with Crippen LogP contribution in [0.1, 0.15) is 56.1 Å². The molecule has 1 aliphatic carbocycles. The highest BCUT2D eigenvalue weighted by Gasteiger charge is 2.23. The summed E-state index contributed by atoms with van der Waals surface area (Å²) < 4.78 is 11.1. The fourth-order valence-electron chi connectivity index (χ4n) is 4.35. The molecule has 0 amide bonds. The minimum absolute atomic E-state index is 0.376. The van der Waals surface area contributed by atoms with Gasteiger partial charge in [-0.2, -0.15) is 0 Å². The van der Waals surface area contributed by atoms with E-state index in [0.717, 1.165) is 64.6 Å². The highest BCUT2D eigenvalue weighted by atomic mass is 16.5. The first-order chi connectivity index (χ1) is 13.8. The smallest absolute Gasteiger partial charge is 0.193 e. The second-order valence-corrected chi connectivity index (χ2v) is 7.89. The lowest BCUT2D eigenvalue weighted by atomic mass is 9.83. The van der Waals surface area contributed by atoms with Crippen molar-refractivity contribution in [3.05, 3.63) is 35.4 Å². The third-order valence-corrected chi connectivity index (χ3v) is 5.88. The number of guanidine groups is 1. The number of benzene rings is 1. The molecule has 0 spiro atoms. The van der Waals surface area contributed by atoms with E-state index in [9.17, 15) is 0 Å². The van der Waals surface area contributed by atoms with E-state index in [1.54, 1.807) is 7.11 Å². The lowest BCUT2D eigenvalue weighted by Gasteiger charge is -2.34. The van der Waals surface area contributed by atoms with Crippen molar-refractivity contribution in [2.45, 2.75) is 57.5 Å². The largest absolute Gasteiger partial charge is 0.385 e. The molecule has 28 heavy (non-hydrogen) atoms. The van der Waals surface area contributed by atoms with E-state index in [1.807, 2.05) is 0 Å². The second-order valence-electron chi connectivity index (χ2n) is 7.89. The predicted molar refractivity (Wildman–Crippen MR) is 115 cm³/mol. The van der Waals surface area contributed by atoms with Gasteiger partial charge in [-0.15, -0.1) is 0 Å². The van der Waals surface area contributed by atoms with Gasteiger partial charge in [0.05, 0.1) is 6.10 Å². The molecule has 1 aliphatic heterocycles. The maximum absolute atomic E-state index is 6.00. The monoisotopic (exact) mass is 387 g/mol. The number of piperidine rings is 1. The lowest BCUT2D eigenvalue weighted by molar-refractivity contribution is 0.00990. The van der Waals surface area contributed by atoms with Crippen molar-refractivity contribution >= 4 is 5.96 Å². The number of fused-ring (bicyclic) bond motifs is 1. The van der Waals surface area contributed by atoms with Crippen molar-refractivity contribution in [3.63, 3.8) is 0 Å². The standard InChI is InChI=1S/C23H37N3O2/c1-3-24-23(26-14-12-21(13-15-26)28-17-7-16-27-2)25-18-20-10-6-9-19-8-4-5-11-22(19)20/h4-5,8,11,20-21H,3,6-7,9-10,12-18H2,1-2H3,(H,24,25). The molecule has 2 aliphatic rings. The van der Waals surface area contributed by atoms with Crippen molar-refractivity contribution in [2.75, 3.05) is 46.5 Å². The fraction of sp³-hybridized carbons (Fsp3) is 0.696. The van der Waals surface area contributed by atoms with E-state index in [1.165, 1.54) is 30.4 Å². The average Bonchev–Trinajstić information content (AvgIpc) is 2.75. The Kier molecular flexibility index (Phi) is 8.62. The van der Waals surface area contributed by atoms with Gasteiger partial charge in [-0.1, -0.05) is 24.3 Å². The van der Waals surface area contributed by atoms with Gasteiger partial charge in [0.1, 0.15) is 0 Å². The van der Waals surface area contributed by atoms with Crippen LogP contribution in [0.4, 0.5) is 0 Å². The molecule has 1 aromatic rings. The molecule has 1 fully saturated rings. The quantitative estimate of drug-likeness (QED) is 0.421. The van der Waals surface area contributed by atoms with Crippen LogP contribution in [0.3, 0.4) is 0 Å². The van der Waals surface area contributed by atoms with Crippen LogP contribution in [0.25, 0.3) is 0 Å². The Balaban J connectivity index is 1.53. The third-order valence-electron chi connectivity index (χ3n) is 5.88. The molecule has 0 saturated carbocycles. The van der Waals surface area contributed by atoms with E-state index >= 15 is 0 Å². The maximum Gasteiger partial charge on any atom is 0.193 e. The minimum Gasteiger partial charge on any atom is -0.385 e. The van der Waals surface area contributed by atoms with Gasteiger partial charge in [-0.25, -0.2) is 0 Å². The topological polar surface area (TPSA) is 46.1 Å². The molecule has 5 nitrogen and oxygen atoms in total. The van der Waals surface area contributed by atoms with Gasteiger partial charge in [0, 0.05) is 52.4 Å². The summed E-state index contributed by atoms with van der Waals surface area (Å²) in [7, 11) is 1.74. The predicted octanol–water partition coefficient (Wildman–Crippen LogP) is 3.59.